The van der Waals surface area contributed by atoms with E-state index in [2.05, 4.69) is 10.6 Å². The van der Waals surface area contributed by atoms with Crippen molar-refractivity contribution in [3.8, 4) is 0 Å². The Morgan fingerprint density at radius 2 is 1.65 bits per heavy atom. The first-order valence-corrected chi connectivity index (χ1v) is 7.17. The molecule has 0 aliphatic carbocycles. The van der Waals surface area contributed by atoms with E-state index in [1.807, 2.05) is 36.4 Å². The average Bonchev–Trinajstić information content (AvgIpc) is 2.60. The van der Waals surface area contributed by atoms with E-state index in [4.69, 9.17) is 11.5 Å². The van der Waals surface area contributed by atoms with Gasteiger partial charge in [-0.15, -0.1) is 0 Å². The molecular formula is C18H20N4O. The largest absolute Gasteiger partial charge is 0.398 e. The van der Waals surface area contributed by atoms with Gasteiger partial charge in [0.2, 0.25) is 0 Å². The fourth-order valence-corrected chi connectivity index (χ4v) is 2.00. The van der Waals surface area contributed by atoms with Crippen LogP contribution in [0.25, 0.3) is 5.70 Å². The van der Waals surface area contributed by atoms with Gasteiger partial charge in [-0.25, -0.2) is 0 Å². The predicted molar refractivity (Wildman–Crippen MR) is 94.3 cm³/mol. The number of rotatable bonds is 5. The first kappa shape index (κ1) is 16.2. The van der Waals surface area contributed by atoms with E-state index in [0.29, 0.717) is 17.1 Å². The summed E-state index contributed by atoms with van der Waals surface area (Å²) in [6.07, 6.45) is 3.43. The third kappa shape index (κ3) is 4.64. The zero-order valence-corrected chi connectivity index (χ0v) is 12.9. The highest BCUT2D eigenvalue weighted by Crippen LogP contribution is 2.12. The molecule has 0 bridgehead atoms. The minimum absolute atomic E-state index is 0.149. The van der Waals surface area contributed by atoms with E-state index >= 15 is 0 Å². The molecule has 2 rings (SSSR count). The second-order valence-corrected chi connectivity index (χ2v) is 4.89. The molecule has 6 N–H and O–H groups in total. The molecule has 0 saturated heterocycles. The standard InChI is InChI=1S/C18H20N4O/c1-21-18(23)14-8-5-9-15(12-14)22-17(20)11-10-16(19)13-6-3-2-4-7-13/h2-12,22H,19-20H2,1H3,(H,21,23)/b16-10-,17-11+. The lowest BCUT2D eigenvalue weighted by atomic mass is 10.1. The van der Waals surface area contributed by atoms with Gasteiger partial charge in [0.05, 0.1) is 0 Å². The number of carbonyl (C=O) groups excluding carboxylic acids is 1. The third-order valence-corrected chi connectivity index (χ3v) is 3.19. The van der Waals surface area contributed by atoms with Crippen LogP contribution in [0.15, 0.2) is 72.6 Å². The number of allylic oxidation sites excluding steroid dienone is 2. The highest BCUT2D eigenvalue weighted by Gasteiger charge is 2.03. The summed E-state index contributed by atoms with van der Waals surface area (Å²) in [6.45, 7) is 0. The van der Waals surface area contributed by atoms with Gasteiger partial charge in [-0.05, 0) is 35.9 Å². The van der Waals surface area contributed by atoms with Gasteiger partial charge in [-0.1, -0.05) is 36.4 Å². The summed E-state index contributed by atoms with van der Waals surface area (Å²) in [5.41, 5.74) is 14.8. The van der Waals surface area contributed by atoms with Gasteiger partial charge in [0.1, 0.15) is 5.82 Å². The molecule has 118 valence electrons. The number of nitrogens with one attached hydrogen (secondary N) is 2. The quantitative estimate of drug-likeness (QED) is 0.637. The molecule has 23 heavy (non-hydrogen) atoms. The van der Waals surface area contributed by atoms with E-state index in [0.717, 1.165) is 11.3 Å². The molecular weight excluding hydrogens is 288 g/mol. The summed E-state index contributed by atoms with van der Waals surface area (Å²) in [5.74, 6) is 0.280. The van der Waals surface area contributed by atoms with E-state index in [1.54, 1.807) is 37.4 Å². The Morgan fingerprint density at radius 1 is 0.957 bits per heavy atom. The molecule has 2 aromatic carbocycles. The third-order valence-electron chi connectivity index (χ3n) is 3.19. The number of carbonyl (C=O) groups is 1. The van der Waals surface area contributed by atoms with E-state index < -0.39 is 0 Å². The van der Waals surface area contributed by atoms with Gasteiger partial charge in [0.15, 0.2) is 0 Å². The summed E-state index contributed by atoms with van der Waals surface area (Å²) in [4.78, 5) is 11.6. The Kier molecular flexibility index (Phi) is 5.41. The minimum Gasteiger partial charge on any atom is -0.398 e. The Labute approximate surface area is 135 Å². The first-order valence-electron chi connectivity index (χ1n) is 7.17. The van der Waals surface area contributed by atoms with Crippen LogP contribution < -0.4 is 22.1 Å². The lowest BCUT2D eigenvalue weighted by molar-refractivity contribution is 0.0963. The summed E-state index contributed by atoms with van der Waals surface area (Å²) >= 11 is 0. The number of hydrogen-bond donors (Lipinski definition) is 4. The van der Waals surface area contributed by atoms with Crippen LogP contribution in [-0.2, 0) is 0 Å². The second-order valence-electron chi connectivity index (χ2n) is 4.89. The Morgan fingerprint density at radius 3 is 2.35 bits per heavy atom. The summed E-state index contributed by atoms with van der Waals surface area (Å²) in [7, 11) is 1.59. The van der Waals surface area contributed by atoms with Crippen molar-refractivity contribution in [1.82, 2.24) is 5.32 Å². The van der Waals surface area contributed by atoms with Crippen molar-refractivity contribution in [3.63, 3.8) is 0 Å². The molecule has 0 aliphatic rings. The van der Waals surface area contributed by atoms with Crippen molar-refractivity contribution >= 4 is 17.3 Å². The first-order chi connectivity index (χ1) is 11.1. The van der Waals surface area contributed by atoms with Crippen LogP contribution in [0, 0.1) is 0 Å². The second kappa shape index (κ2) is 7.70. The summed E-state index contributed by atoms with van der Waals surface area (Å²) < 4.78 is 0. The molecule has 0 aromatic heterocycles. The Balaban J connectivity index is 2.09. The van der Waals surface area contributed by atoms with Crippen molar-refractivity contribution in [3.05, 3.63) is 83.7 Å². The molecule has 5 heteroatoms. The highest BCUT2D eigenvalue weighted by molar-refractivity contribution is 5.94. The molecule has 0 fully saturated rings. The van der Waals surface area contributed by atoms with Gasteiger partial charge in [0, 0.05) is 24.0 Å². The highest BCUT2D eigenvalue weighted by atomic mass is 16.1. The van der Waals surface area contributed by atoms with Crippen LogP contribution in [0.2, 0.25) is 0 Å². The molecule has 0 aliphatic heterocycles. The number of hydrogen-bond acceptors (Lipinski definition) is 4. The van der Waals surface area contributed by atoms with E-state index in [-0.39, 0.29) is 5.91 Å². The van der Waals surface area contributed by atoms with Crippen LogP contribution in [0.1, 0.15) is 15.9 Å². The van der Waals surface area contributed by atoms with E-state index in [9.17, 15) is 4.79 Å². The maximum absolute atomic E-state index is 11.6. The van der Waals surface area contributed by atoms with E-state index in [1.165, 1.54) is 0 Å². The van der Waals surface area contributed by atoms with Crippen molar-refractivity contribution in [2.75, 3.05) is 12.4 Å². The zero-order valence-electron chi connectivity index (χ0n) is 12.9. The maximum Gasteiger partial charge on any atom is 0.251 e. The lowest BCUT2D eigenvalue weighted by Crippen LogP contribution is -2.18. The van der Waals surface area contributed by atoms with Crippen LogP contribution >= 0.6 is 0 Å². The SMILES string of the molecule is CNC(=O)c1cccc(N/C(N)=C/C=C(\N)c2ccccc2)c1. The maximum atomic E-state index is 11.6. The molecule has 1 amide bonds. The molecule has 5 nitrogen and oxygen atoms in total. The van der Waals surface area contributed by atoms with Crippen molar-refractivity contribution in [2.45, 2.75) is 0 Å². The summed E-state index contributed by atoms with van der Waals surface area (Å²) in [6, 6.07) is 16.7. The molecule has 0 unspecified atom stereocenters. The van der Waals surface area contributed by atoms with Gasteiger partial charge >= 0.3 is 0 Å². The van der Waals surface area contributed by atoms with Crippen LogP contribution in [-0.4, -0.2) is 13.0 Å². The predicted octanol–water partition coefficient (Wildman–Crippen LogP) is 2.26. The zero-order chi connectivity index (χ0) is 16.7. The van der Waals surface area contributed by atoms with Gasteiger partial charge in [-0.3, -0.25) is 4.79 Å². The van der Waals surface area contributed by atoms with Crippen LogP contribution in [0.4, 0.5) is 5.69 Å². The topological polar surface area (TPSA) is 93.2 Å². The van der Waals surface area contributed by atoms with Gasteiger partial charge in [-0.2, -0.15) is 0 Å². The number of anilines is 1. The van der Waals surface area contributed by atoms with Crippen molar-refractivity contribution < 1.29 is 4.79 Å². The Hall–Kier alpha value is -3.21. The normalized spacial score (nSPS) is 11.9. The van der Waals surface area contributed by atoms with Crippen molar-refractivity contribution in [2.24, 2.45) is 11.5 Å². The van der Waals surface area contributed by atoms with Gasteiger partial charge < -0.3 is 22.1 Å². The van der Waals surface area contributed by atoms with Crippen molar-refractivity contribution in [1.29, 1.82) is 0 Å². The molecule has 0 heterocycles. The van der Waals surface area contributed by atoms with Gasteiger partial charge in [0.25, 0.3) is 5.91 Å². The molecule has 0 atom stereocenters. The molecule has 2 aromatic rings. The fourth-order valence-electron chi connectivity index (χ4n) is 2.00. The number of amides is 1. The fraction of sp³-hybridized carbons (Fsp3) is 0.0556. The Bertz CT molecular complexity index is 736. The number of benzene rings is 2. The van der Waals surface area contributed by atoms with Crippen LogP contribution in [0.5, 0.6) is 0 Å². The molecule has 0 radical (unpaired) electrons. The molecule has 0 spiro atoms. The number of nitrogens with two attached hydrogens (primary N) is 2. The lowest BCUT2D eigenvalue weighted by Gasteiger charge is -2.08. The molecule has 0 saturated carbocycles. The summed E-state index contributed by atoms with van der Waals surface area (Å²) in [5, 5.41) is 5.61. The smallest absolute Gasteiger partial charge is 0.251 e. The monoisotopic (exact) mass is 308 g/mol. The average molecular weight is 308 g/mol. The van der Waals surface area contributed by atoms with Crippen LogP contribution in [0.3, 0.4) is 0 Å². The minimum atomic E-state index is -0.149.